The van der Waals surface area contributed by atoms with Crippen LogP contribution in [-0.2, 0) is 4.79 Å². The number of nitrogens with zero attached hydrogens (tertiary/aromatic N) is 5. The van der Waals surface area contributed by atoms with Crippen LogP contribution in [0.3, 0.4) is 0 Å². The molecule has 2 N–H and O–H groups in total. The molecule has 4 rings (SSSR count). The molecule has 10 heteroatoms. The predicted octanol–water partition coefficient (Wildman–Crippen LogP) is 2.53. The first-order valence-electron chi connectivity index (χ1n) is 10.2. The van der Waals surface area contributed by atoms with E-state index in [-0.39, 0.29) is 23.9 Å². The summed E-state index contributed by atoms with van der Waals surface area (Å²) in [6.07, 6.45) is 3.08. The first-order chi connectivity index (χ1) is 15.4. The van der Waals surface area contributed by atoms with E-state index in [4.69, 9.17) is 19.9 Å². The molecule has 0 radical (unpaired) electrons. The third-order valence-corrected chi connectivity index (χ3v) is 5.61. The fraction of sp³-hybridized carbons (Fsp3) is 0.364. The molecule has 2 aromatic heterocycles. The maximum absolute atomic E-state index is 12.0. The number of carbonyl (C=O) groups is 1. The number of fused-ring (bicyclic) bond motifs is 1. The second-order valence-corrected chi connectivity index (χ2v) is 7.54. The number of amides is 1. The number of nitrogens with two attached hydrogens (primary N) is 1. The fourth-order valence-electron chi connectivity index (χ4n) is 3.87. The highest BCUT2D eigenvalue weighted by Crippen LogP contribution is 2.35. The van der Waals surface area contributed by atoms with Crippen molar-refractivity contribution in [2.24, 2.45) is 0 Å². The van der Waals surface area contributed by atoms with Crippen molar-refractivity contribution in [2.75, 3.05) is 33.0 Å². The van der Waals surface area contributed by atoms with Crippen LogP contribution in [0.4, 0.5) is 5.82 Å². The highest BCUT2D eigenvalue weighted by molar-refractivity contribution is 5.91. The van der Waals surface area contributed by atoms with Crippen LogP contribution in [-0.4, -0.2) is 57.9 Å². The van der Waals surface area contributed by atoms with Crippen LogP contribution in [0.15, 0.2) is 37.2 Å². The molecule has 1 fully saturated rings. The van der Waals surface area contributed by atoms with Gasteiger partial charge in [0.2, 0.25) is 11.8 Å². The van der Waals surface area contributed by atoms with Gasteiger partial charge in [-0.1, -0.05) is 6.58 Å². The number of hydrogen-bond acceptors (Lipinski definition) is 8. The zero-order valence-electron chi connectivity index (χ0n) is 18.3. The number of benzene rings is 1. The number of nitrogen functional groups attached to an aromatic ring is 1. The van der Waals surface area contributed by atoms with E-state index >= 15 is 0 Å². The zero-order chi connectivity index (χ0) is 22.8. The van der Waals surface area contributed by atoms with E-state index in [1.807, 2.05) is 19.1 Å². The van der Waals surface area contributed by atoms with E-state index in [0.717, 1.165) is 12.0 Å². The van der Waals surface area contributed by atoms with E-state index in [1.165, 1.54) is 12.4 Å². The van der Waals surface area contributed by atoms with Crippen LogP contribution in [0.5, 0.6) is 17.4 Å². The Bertz CT molecular complexity index is 1140. The normalized spacial score (nSPS) is 16.7. The van der Waals surface area contributed by atoms with Crippen molar-refractivity contribution in [3.63, 3.8) is 0 Å². The first-order valence-corrected chi connectivity index (χ1v) is 10.2. The summed E-state index contributed by atoms with van der Waals surface area (Å²) in [5.41, 5.74) is 7.59. The summed E-state index contributed by atoms with van der Waals surface area (Å²) in [4.78, 5) is 22.3. The number of hydrogen-bond donors (Lipinski definition) is 1. The van der Waals surface area contributed by atoms with Gasteiger partial charge < -0.3 is 24.8 Å². The summed E-state index contributed by atoms with van der Waals surface area (Å²) in [7, 11) is 3.19. The lowest BCUT2D eigenvalue weighted by Gasteiger charge is -2.16. The average Bonchev–Trinajstić information content (AvgIpc) is 3.44. The van der Waals surface area contributed by atoms with E-state index in [1.54, 1.807) is 29.9 Å². The third-order valence-electron chi connectivity index (χ3n) is 5.61. The molecule has 0 spiro atoms. The minimum Gasteiger partial charge on any atom is -0.497 e. The van der Waals surface area contributed by atoms with Gasteiger partial charge in [-0.05, 0) is 37.1 Å². The molecule has 1 aliphatic rings. The number of aromatic nitrogens is 4. The van der Waals surface area contributed by atoms with Gasteiger partial charge in [-0.3, -0.25) is 4.79 Å². The molecule has 0 saturated carbocycles. The molecule has 3 aromatic rings. The molecule has 3 heterocycles. The van der Waals surface area contributed by atoms with Crippen molar-refractivity contribution in [1.29, 1.82) is 0 Å². The Morgan fingerprint density at radius 1 is 1.25 bits per heavy atom. The molecule has 1 amide bonds. The van der Waals surface area contributed by atoms with Crippen molar-refractivity contribution in [2.45, 2.75) is 25.5 Å². The fourth-order valence-corrected chi connectivity index (χ4v) is 3.87. The Labute approximate surface area is 185 Å². The lowest BCUT2D eigenvalue weighted by atomic mass is 10.1. The first kappa shape index (κ1) is 21.4. The van der Waals surface area contributed by atoms with Crippen molar-refractivity contribution in [1.82, 2.24) is 24.6 Å². The molecular formula is C22H26N6O4. The molecule has 1 saturated heterocycles. The van der Waals surface area contributed by atoms with Crippen LogP contribution >= 0.6 is 0 Å². The molecular weight excluding hydrogens is 412 g/mol. The number of methoxy groups -OCH3 is 2. The molecule has 168 valence electrons. The summed E-state index contributed by atoms with van der Waals surface area (Å²) in [5, 5.41) is 5.23. The largest absolute Gasteiger partial charge is 0.497 e. The Morgan fingerprint density at radius 3 is 2.62 bits per heavy atom. The second-order valence-electron chi connectivity index (χ2n) is 7.54. The quantitative estimate of drug-likeness (QED) is 0.559. The standard InChI is InChI=1S/C22H26N6O4/c1-5-18(29)27-7-6-15(11-27)28-21-19(20(23)24-12-25-21)22(26-28)32-13(2)14-8-16(30-3)10-17(9-14)31-4/h5,8-10,12-13,15H,1,6-7,11H2,2-4H3,(H2,23,24,25)/t13-,15?/m0/s1. The van der Waals surface area contributed by atoms with Gasteiger partial charge in [0.25, 0.3) is 0 Å². The molecule has 0 bridgehead atoms. The van der Waals surface area contributed by atoms with Crippen LogP contribution in [0.25, 0.3) is 11.0 Å². The Balaban J connectivity index is 1.68. The monoisotopic (exact) mass is 438 g/mol. The number of anilines is 1. The molecule has 2 atom stereocenters. The Kier molecular flexibility index (Phi) is 5.85. The summed E-state index contributed by atoms with van der Waals surface area (Å²) in [5.74, 6) is 1.83. The molecule has 10 nitrogen and oxygen atoms in total. The maximum Gasteiger partial charge on any atom is 0.246 e. The summed E-state index contributed by atoms with van der Waals surface area (Å²) in [6.45, 7) is 6.59. The Hall–Kier alpha value is -3.82. The minimum atomic E-state index is -0.382. The lowest BCUT2D eigenvalue weighted by molar-refractivity contribution is -0.125. The molecule has 1 aromatic carbocycles. The zero-order valence-corrected chi connectivity index (χ0v) is 18.3. The van der Waals surface area contributed by atoms with E-state index in [9.17, 15) is 4.79 Å². The smallest absolute Gasteiger partial charge is 0.246 e. The van der Waals surface area contributed by atoms with Gasteiger partial charge in [-0.2, -0.15) is 0 Å². The van der Waals surface area contributed by atoms with Crippen LogP contribution in [0.1, 0.15) is 31.1 Å². The summed E-state index contributed by atoms with van der Waals surface area (Å²) in [6, 6.07) is 5.49. The Morgan fingerprint density at radius 2 is 1.97 bits per heavy atom. The van der Waals surface area contributed by atoms with Gasteiger partial charge in [0.1, 0.15) is 35.1 Å². The van der Waals surface area contributed by atoms with Crippen molar-refractivity contribution < 1.29 is 19.0 Å². The van der Waals surface area contributed by atoms with Crippen LogP contribution in [0, 0.1) is 0 Å². The van der Waals surface area contributed by atoms with Gasteiger partial charge in [-0.15, -0.1) is 5.10 Å². The third kappa shape index (κ3) is 3.91. The minimum absolute atomic E-state index is 0.0553. The number of ether oxygens (including phenoxy) is 3. The SMILES string of the molecule is C=CC(=O)N1CCC(n2nc(O[C@@H](C)c3cc(OC)cc(OC)c3)c3c(N)ncnc32)C1. The predicted molar refractivity (Wildman–Crippen MR) is 119 cm³/mol. The maximum atomic E-state index is 12.0. The van der Waals surface area contributed by atoms with Crippen LogP contribution in [0.2, 0.25) is 0 Å². The molecule has 1 unspecified atom stereocenters. The average molecular weight is 438 g/mol. The van der Waals surface area contributed by atoms with E-state index in [0.29, 0.717) is 41.5 Å². The number of likely N-dealkylation sites (tertiary alicyclic amines) is 1. The molecule has 0 aliphatic carbocycles. The van der Waals surface area contributed by atoms with Crippen molar-refractivity contribution in [3.05, 3.63) is 42.7 Å². The number of rotatable bonds is 7. The van der Waals surface area contributed by atoms with Gasteiger partial charge in [0, 0.05) is 19.2 Å². The lowest BCUT2D eigenvalue weighted by Crippen LogP contribution is -2.27. The van der Waals surface area contributed by atoms with Crippen LogP contribution < -0.4 is 19.9 Å². The van der Waals surface area contributed by atoms with Crippen molar-refractivity contribution >= 4 is 22.8 Å². The highest BCUT2D eigenvalue weighted by atomic mass is 16.5. The van der Waals surface area contributed by atoms with Gasteiger partial charge in [0.05, 0.1) is 20.3 Å². The van der Waals surface area contributed by atoms with Crippen molar-refractivity contribution in [3.8, 4) is 17.4 Å². The van der Waals surface area contributed by atoms with Gasteiger partial charge in [0.15, 0.2) is 5.65 Å². The molecule has 1 aliphatic heterocycles. The van der Waals surface area contributed by atoms with Gasteiger partial charge in [-0.25, -0.2) is 14.6 Å². The molecule has 32 heavy (non-hydrogen) atoms. The number of carbonyl (C=O) groups excluding carboxylic acids is 1. The topological polar surface area (TPSA) is 118 Å². The summed E-state index contributed by atoms with van der Waals surface area (Å²) >= 11 is 0. The van der Waals surface area contributed by atoms with Gasteiger partial charge >= 0.3 is 0 Å². The second kappa shape index (κ2) is 8.74. The summed E-state index contributed by atoms with van der Waals surface area (Å²) < 4.78 is 18.7. The van der Waals surface area contributed by atoms with E-state index in [2.05, 4.69) is 21.6 Å². The highest BCUT2D eigenvalue weighted by Gasteiger charge is 2.30. The van der Waals surface area contributed by atoms with E-state index < -0.39 is 0 Å².